The number of aliphatic hydroxyl groups is 1. The van der Waals surface area contributed by atoms with E-state index < -0.39 is 23.7 Å². The molecule has 1 amide bonds. The van der Waals surface area contributed by atoms with Gasteiger partial charge in [0.1, 0.15) is 16.4 Å². The van der Waals surface area contributed by atoms with Crippen molar-refractivity contribution in [3.05, 3.63) is 80.9 Å². The molecule has 3 aromatic rings. The minimum atomic E-state index is -0.957. The van der Waals surface area contributed by atoms with E-state index in [-0.39, 0.29) is 33.4 Å². The molecule has 2 heterocycles. The van der Waals surface area contributed by atoms with Crippen molar-refractivity contribution in [2.75, 3.05) is 18.1 Å². The Hall–Kier alpha value is -3.98. The van der Waals surface area contributed by atoms with Crippen LogP contribution in [-0.4, -0.2) is 41.0 Å². The lowest BCUT2D eigenvalue weighted by Gasteiger charge is -2.25. The molecule has 8 nitrogen and oxygen atoms in total. The van der Waals surface area contributed by atoms with Crippen LogP contribution in [0, 0.1) is 13.8 Å². The highest BCUT2D eigenvalue weighted by Crippen LogP contribution is 2.44. The van der Waals surface area contributed by atoms with Crippen molar-refractivity contribution < 1.29 is 29.0 Å². The first-order valence-electron chi connectivity index (χ1n) is 13.2. The largest absolute Gasteiger partial charge is 0.507 e. The average molecular weight is 563 g/mol. The third-order valence-electron chi connectivity index (χ3n) is 6.74. The third-order valence-corrected chi connectivity index (χ3v) is 7.87. The van der Waals surface area contributed by atoms with Gasteiger partial charge in [0.05, 0.1) is 30.5 Å². The number of rotatable bonds is 7. The second-order valence-electron chi connectivity index (χ2n) is 10.6. The molecular weight excluding hydrogens is 528 g/mol. The van der Waals surface area contributed by atoms with Crippen LogP contribution < -0.4 is 9.64 Å². The summed E-state index contributed by atoms with van der Waals surface area (Å²) in [5.74, 6) is -1.84. The highest BCUT2D eigenvalue weighted by molar-refractivity contribution is 7.17. The molecule has 1 saturated heterocycles. The van der Waals surface area contributed by atoms with Gasteiger partial charge in [0.15, 0.2) is 5.13 Å². The molecule has 40 heavy (non-hydrogen) atoms. The molecule has 1 aromatic heterocycles. The number of amides is 1. The number of carbonyl (C=O) groups excluding carboxylic acids is 3. The second-order valence-corrected chi connectivity index (χ2v) is 11.6. The number of aryl methyl sites for hydroxylation is 2. The maximum absolute atomic E-state index is 13.5. The fraction of sp³-hybridized carbons (Fsp3) is 0.355. The summed E-state index contributed by atoms with van der Waals surface area (Å²) in [4.78, 5) is 45.6. The van der Waals surface area contributed by atoms with Gasteiger partial charge in [-0.3, -0.25) is 14.5 Å². The van der Waals surface area contributed by atoms with Crippen LogP contribution in [0.15, 0.2) is 48.0 Å². The Kier molecular flexibility index (Phi) is 8.16. The van der Waals surface area contributed by atoms with E-state index in [4.69, 9.17) is 9.47 Å². The number of nitrogens with zero attached hydrogens (tertiary/aromatic N) is 2. The van der Waals surface area contributed by atoms with Gasteiger partial charge in [-0.15, -0.1) is 0 Å². The number of thiazole rings is 1. The average Bonchev–Trinajstić information content (AvgIpc) is 3.41. The highest BCUT2D eigenvalue weighted by Gasteiger charge is 2.48. The number of aliphatic hydroxyl groups excluding tert-OH is 1. The highest BCUT2D eigenvalue weighted by atomic mass is 32.1. The summed E-state index contributed by atoms with van der Waals surface area (Å²) in [5.41, 5.74) is 3.10. The van der Waals surface area contributed by atoms with Gasteiger partial charge in [-0.25, -0.2) is 9.78 Å². The quantitative estimate of drug-likeness (QED) is 0.157. The van der Waals surface area contributed by atoms with Gasteiger partial charge in [0, 0.05) is 5.56 Å². The topological polar surface area (TPSA) is 106 Å². The third kappa shape index (κ3) is 5.38. The number of hydrogen-bond acceptors (Lipinski definition) is 8. The maximum Gasteiger partial charge on any atom is 0.350 e. The van der Waals surface area contributed by atoms with Crippen LogP contribution in [0.1, 0.15) is 78.3 Å². The molecule has 210 valence electrons. The fourth-order valence-electron chi connectivity index (χ4n) is 4.65. The van der Waals surface area contributed by atoms with Crippen molar-refractivity contribution >= 4 is 39.9 Å². The molecule has 0 spiro atoms. The number of benzene rings is 2. The predicted molar refractivity (Wildman–Crippen MR) is 155 cm³/mol. The van der Waals surface area contributed by atoms with E-state index in [1.807, 2.05) is 38.1 Å². The predicted octanol–water partition coefficient (Wildman–Crippen LogP) is 6.26. The summed E-state index contributed by atoms with van der Waals surface area (Å²) in [6.45, 7) is 14.1. The van der Waals surface area contributed by atoms with Crippen LogP contribution in [0.2, 0.25) is 0 Å². The summed E-state index contributed by atoms with van der Waals surface area (Å²) in [6.07, 6.45) is 0. The number of aromatic nitrogens is 1. The van der Waals surface area contributed by atoms with Crippen LogP contribution in [-0.2, 0) is 19.7 Å². The Labute approximate surface area is 238 Å². The zero-order chi connectivity index (χ0) is 29.4. The molecule has 9 heteroatoms. The van der Waals surface area contributed by atoms with Crippen molar-refractivity contribution in [1.82, 2.24) is 4.98 Å². The summed E-state index contributed by atoms with van der Waals surface area (Å²) >= 11 is 0.982. The summed E-state index contributed by atoms with van der Waals surface area (Å²) in [5, 5.41) is 11.7. The molecule has 0 aliphatic carbocycles. The van der Waals surface area contributed by atoms with E-state index in [0.717, 1.165) is 22.5 Å². The van der Waals surface area contributed by atoms with Crippen molar-refractivity contribution in [1.29, 1.82) is 0 Å². The fourth-order valence-corrected chi connectivity index (χ4v) is 5.64. The molecule has 1 aliphatic heterocycles. The monoisotopic (exact) mass is 562 g/mol. The molecular formula is C31H34N2O6S. The molecule has 1 fully saturated rings. The van der Waals surface area contributed by atoms with E-state index in [2.05, 4.69) is 25.8 Å². The van der Waals surface area contributed by atoms with Gasteiger partial charge >= 0.3 is 11.9 Å². The van der Waals surface area contributed by atoms with Crippen LogP contribution in [0.3, 0.4) is 0 Å². The summed E-state index contributed by atoms with van der Waals surface area (Å²) in [6, 6.07) is 11.8. The zero-order valence-electron chi connectivity index (χ0n) is 23.8. The Bertz CT molecular complexity index is 1500. The van der Waals surface area contributed by atoms with E-state index in [1.165, 1.54) is 4.90 Å². The number of carbonyl (C=O) groups is 3. The summed E-state index contributed by atoms with van der Waals surface area (Å²) < 4.78 is 10.8. The van der Waals surface area contributed by atoms with E-state index >= 15 is 0 Å². The number of ether oxygens (including phenoxy) is 2. The lowest BCUT2D eigenvalue weighted by Crippen LogP contribution is -2.29. The molecule has 4 rings (SSSR count). The van der Waals surface area contributed by atoms with Crippen LogP contribution in [0.5, 0.6) is 5.75 Å². The number of Topliss-reactive ketones (excluding diaryl/α,β-unsaturated/α-hetero) is 1. The molecule has 0 bridgehead atoms. The Morgan fingerprint density at radius 1 is 1.05 bits per heavy atom. The molecule has 0 radical (unpaired) electrons. The van der Waals surface area contributed by atoms with E-state index in [1.54, 1.807) is 32.0 Å². The number of ketones is 1. The van der Waals surface area contributed by atoms with Crippen molar-refractivity contribution in [3.63, 3.8) is 0 Å². The number of hydrogen-bond donors (Lipinski definition) is 1. The second kappa shape index (κ2) is 11.3. The van der Waals surface area contributed by atoms with Gasteiger partial charge in [-0.1, -0.05) is 56.4 Å². The normalized spacial score (nSPS) is 16.9. The zero-order valence-corrected chi connectivity index (χ0v) is 24.6. The molecule has 2 aromatic carbocycles. The Morgan fingerprint density at radius 3 is 2.30 bits per heavy atom. The Balaban J connectivity index is 1.91. The van der Waals surface area contributed by atoms with Gasteiger partial charge in [0.2, 0.25) is 0 Å². The van der Waals surface area contributed by atoms with Gasteiger partial charge in [-0.2, -0.15) is 0 Å². The van der Waals surface area contributed by atoms with Crippen LogP contribution in [0.4, 0.5) is 5.13 Å². The van der Waals surface area contributed by atoms with Crippen LogP contribution in [0.25, 0.3) is 5.76 Å². The lowest BCUT2D eigenvalue weighted by molar-refractivity contribution is -0.132. The maximum atomic E-state index is 13.5. The minimum absolute atomic E-state index is 0.0531. The standard InChI is InChI=1S/C31H34N2O6S/c1-8-38-22-15-12-20(16-17(22)3)25(34)23-24(19-10-13-21(14-11-19)31(5,6)7)33(28(36)26(23)35)30-32-18(4)27(40-30)29(37)39-9-2/h10-16,24,34H,8-9H2,1-7H3/b25-23-. The smallest absolute Gasteiger partial charge is 0.350 e. The van der Waals surface area contributed by atoms with Gasteiger partial charge in [-0.05, 0) is 68.0 Å². The number of anilines is 1. The van der Waals surface area contributed by atoms with Crippen molar-refractivity contribution in [2.24, 2.45) is 0 Å². The number of esters is 1. The van der Waals surface area contributed by atoms with Gasteiger partial charge in [0.25, 0.3) is 5.78 Å². The molecule has 1 atom stereocenters. The first-order chi connectivity index (χ1) is 18.9. The van der Waals surface area contributed by atoms with E-state index in [0.29, 0.717) is 29.2 Å². The molecule has 1 aliphatic rings. The van der Waals surface area contributed by atoms with E-state index in [9.17, 15) is 19.5 Å². The lowest BCUT2D eigenvalue weighted by atomic mass is 9.85. The molecule has 1 N–H and O–H groups in total. The molecule has 0 saturated carbocycles. The first kappa shape index (κ1) is 29.0. The Morgan fingerprint density at radius 2 is 1.73 bits per heavy atom. The van der Waals surface area contributed by atoms with Crippen molar-refractivity contribution in [2.45, 2.75) is 59.9 Å². The van der Waals surface area contributed by atoms with Crippen LogP contribution >= 0.6 is 11.3 Å². The van der Waals surface area contributed by atoms with Crippen molar-refractivity contribution in [3.8, 4) is 5.75 Å². The SMILES string of the molecule is CCOC(=O)c1sc(N2C(=O)C(=O)/C(=C(\O)c3ccc(OCC)c(C)c3)C2c2ccc(C(C)(C)C)cc2)nc1C. The van der Waals surface area contributed by atoms with Gasteiger partial charge < -0.3 is 14.6 Å². The molecule has 1 unspecified atom stereocenters. The minimum Gasteiger partial charge on any atom is -0.507 e. The first-order valence-corrected chi connectivity index (χ1v) is 14.0. The summed E-state index contributed by atoms with van der Waals surface area (Å²) in [7, 11) is 0.